The Morgan fingerprint density at radius 2 is 1.90 bits per heavy atom. The van der Waals surface area contributed by atoms with Crippen molar-refractivity contribution in [1.82, 2.24) is 5.32 Å². The lowest BCUT2D eigenvalue weighted by Gasteiger charge is -2.26. The number of phenols is 1. The quantitative estimate of drug-likeness (QED) is 0.794. The summed E-state index contributed by atoms with van der Waals surface area (Å²) in [6.45, 7) is 0.433. The third kappa shape index (κ3) is 3.93. The van der Waals surface area contributed by atoms with Gasteiger partial charge in [0.25, 0.3) is 5.91 Å². The lowest BCUT2D eigenvalue weighted by Crippen LogP contribution is -2.32. The van der Waals surface area contributed by atoms with E-state index < -0.39 is 17.7 Å². The highest BCUT2D eigenvalue weighted by atomic mass is 19.1. The van der Waals surface area contributed by atoms with Crippen LogP contribution in [0.4, 0.5) is 4.39 Å². The molecule has 0 aliphatic heterocycles. The van der Waals surface area contributed by atoms with E-state index in [1.807, 2.05) is 0 Å². The third-order valence-electron chi connectivity index (χ3n) is 3.95. The lowest BCUT2D eigenvalue weighted by atomic mass is 9.82. The first-order chi connectivity index (χ1) is 9.97. The van der Waals surface area contributed by atoms with Crippen LogP contribution in [0, 0.1) is 17.7 Å². The number of halogens is 1. The average molecular weight is 295 g/mol. The number of aromatic hydroxyl groups is 1. The highest BCUT2D eigenvalue weighted by molar-refractivity contribution is 5.96. The molecule has 1 aromatic carbocycles. The summed E-state index contributed by atoms with van der Waals surface area (Å²) in [5, 5.41) is 21.1. The smallest absolute Gasteiger partial charge is 0.306 e. The first-order valence-electron chi connectivity index (χ1n) is 6.97. The van der Waals surface area contributed by atoms with E-state index in [2.05, 4.69) is 5.32 Å². The van der Waals surface area contributed by atoms with Crippen molar-refractivity contribution >= 4 is 11.9 Å². The number of amides is 1. The van der Waals surface area contributed by atoms with Crippen LogP contribution < -0.4 is 5.32 Å². The van der Waals surface area contributed by atoms with E-state index in [0.717, 1.165) is 25.0 Å². The van der Waals surface area contributed by atoms with Crippen molar-refractivity contribution in [3.8, 4) is 5.75 Å². The van der Waals surface area contributed by atoms with Crippen molar-refractivity contribution in [3.05, 3.63) is 29.6 Å². The van der Waals surface area contributed by atoms with E-state index >= 15 is 0 Å². The standard InChI is InChI=1S/C15H18FNO4/c16-11-5-6-12(13(18)7-11)14(19)17-8-9-1-3-10(4-2-9)15(20)21/h5-7,9-10,18H,1-4,8H2,(H,17,19)(H,20,21). The van der Waals surface area contributed by atoms with Gasteiger partial charge >= 0.3 is 5.97 Å². The van der Waals surface area contributed by atoms with Gasteiger partial charge in [0, 0.05) is 12.6 Å². The molecule has 0 bridgehead atoms. The van der Waals surface area contributed by atoms with Gasteiger partial charge in [-0.05, 0) is 43.7 Å². The highest BCUT2D eigenvalue weighted by Crippen LogP contribution is 2.28. The van der Waals surface area contributed by atoms with Crippen molar-refractivity contribution in [2.45, 2.75) is 25.7 Å². The molecule has 1 aromatic rings. The Labute approximate surface area is 121 Å². The van der Waals surface area contributed by atoms with Crippen LogP contribution in [0.25, 0.3) is 0 Å². The minimum Gasteiger partial charge on any atom is -0.507 e. The third-order valence-corrected chi connectivity index (χ3v) is 3.95. The van der Waals surface area contributed by atoms with Crippen molar-refractivity contribution in [2.24, 2.45) is 11.8 Å². The molecule has 1 saturated carbocycles. The van der Waals surface area contributed by atoms with Crippen LogP contribution in [0.5, 0.6) is 5.75 Å². The fraction of sp³-hybridized carbons (Fsp3) is 0.467. The van der Waals surface area contributed by atoms with E-state index in [1.165, 1.54) is 6.07 Å². The Bertz CT molecular complexity index is 538. The van der Waals surface area contributed by atoms with E-state index in [0.29, 0.717) is 19.4 Å². The molecular weight excluding hydrogens is 277 g/mol. The number of carboxylic acid groups (broad SMARTS) is 1. The number of carbonyl (C=O) groups excluding carboxylic acids is 1. The second-order valence-corrected chi connectivity index (χ2v) is 5.43. The number of hydrogen-bond donors (Lipinski definition) is 3. The molecule has 1 amide bonds. The SMILES string of the molecule is O=C(NCC1CCC(C(=O)O)CC1)c1ccc(F)cc1O. The molecule has 0 aromatic heterocycles. The number of nitrogens with one attached hydrogen (secondary N) is 1. The van der Waals surface area contributed by atoms with Crippen LogP contribution in [-0.2, 0) is 4.79 Å². The number of rotatable bonds is 4. The van der Waals surface area contributed by atoms with Gasteiger partial charge in [-0.2, -0.15) is 0 Å². The van der Waals surface area contributed by atoms with Crippen LogP contribution in [0.3, 0.4) is 0 Å². The number of carbonyl (C=O) groups is 2. The van der Waals surface area contributed by atoms with Crippen LogP contribution in [0.2, 0.25) is 0 Å². The maximum Gasteiger partial charge on any atom is 0.306 e. The van der Waals surface area contributed by atoms with Crippen molar-refractivity contribution < 1.29 is 24.2 Å². The number of aliphatic carboxylic acids is 1. The Kier molecular flexibility index (Phi) is 4.77. The molecule has 21 heavy (non-hydrogen) atoms. The average Bonchev–Trinajstić information content (AvgIpc) is 2.45. The van der Waals surface area contributed by atoms with Gasteiger partial charge in [-0.1, -0.05) is 0 Å². The Balaban J connectivity index is 1.83. The van der Waals surface area contributed by atoms with E-state index in [-0.39, 0.29) is 23.1 Å². The molecule has 1 fully saturated rings. The molecule has 0 spiro atoms. The molecule has 114 valence electrons. The molecular formula is C15H18FNO4. The molecule has 5 nitrogen and oxygen atoms in total. The minimum atomic E-state index is -0.756. The number of hydrogen-bond acceptors (Lipinski definition) is 3. The summed E-state index contributed by atoms with van der Waals surface area (Å²) in [6.07, 6.45) is 2.76. The van der Waals surface area contributed by atoms with Crippen LogP contribution >= 0.6 is 0 Å². The number of benzene rings is 1. The molecule has 6 heteroatoms. The van der Waals surface area contributed by atoms with E-state index in [1.54, 1.807) is 0 Å². The molecule has 1 aliphatic rings. The summed E-state index contributed by atoms with van der Waals surface area (Å²) in [6, 6.07) is 3.25. The second-order valence-electron chi connectivity index (χ2n) is 5.43. The number of carboxylic acids is 1. The summed E-state index contributed by atoms with van der Waals surface area (Å²) >= 11 is 0. The maximum absolute atomic E-state index is 12.8. The van der Waals surface area contributed by atoms with Gasteiger partial charge in [-0.25, -0.2) is 4.39 Å². The van der Waals surface area contributed by atoms with Gasteiger partial charge in [-0.3, -0.25) is 9.59 Å². The van der Waals surface area contributed by atoms with Gasteiger partial charge < -0.3 is 15.5 Å². The van der Waals surface area contributed by atoms with Crippen LogP contribution in [0.1, 0.15) is 36.0 Å². The predicted octanol–water partition coefficient (Wildman–Crippen LogP) is 2.15. The molecule has 2 rings (SSSR count). The topological polar surface area (TPSA) is 86.6 Å². The second kappa shape index (κ2) is 6.56. The molecule has 3 N–H and O–H groups in total. The molecule has 0 radical (unpaired) electrons. The van der Waals surface area contributed by atoms with Crippen molar-refractivity contribution in [3.63, 3.8) is 0 Å². The van der Waals surface area contributed by atoms with Gasteiger partial charge in [-0.15, -0.1) is 0 Å². The normalized spacial score (nSPS) is 21.8. The maximum atomic E-state index is 12.8. The molecule has 1 aliphatic carbocycles. The Hall–Kier alpha value is -2.11. The molecule has 0 heterocycles. The fourth-order valence-electron chi connectivity index (χ4n) is 2.64. The van der Waals surface area contributed by atoms with Crippen LogP contribution in [0.15, 0.2) is 18.2 Å². The van der Waals surface area contributed by atoms with E-state index in [4.69, 9.17) is 5.11 Å². The minimum absolute atomic E-state index is 0.0376. The van der Waals surface area contributed by atoms with Crippen molar-refractivity contribution in [1.29, 1.82) is 0 Å². The van der Waals surface area contributed by atoms with Gasteiger partial charge in [0.2, 0.25) is 0 Å². The molecule has 0 atom stereocenters. The summed E-state index contributed by atoms with van der Waals surface area (Å²) in [5.74, 6) is -2.23. The Morgan fingerprint density at radius 3 is 2.48 bits per heavy atom. The van der Waals surface area contributed by atoms with Crippen LogP contribution in [-0.4, -0.2) is 28.6 Å². The zero-order valence-electron chi connectivity index (χ0n) is 11.5. The van der Waals surface area contributed by atoms with Gasteiger partial charge in [0.1, 0.15) is 11.6 Å². The summed E-state index contributed by atoms with van der Waals surface area (Å²) in [7, 11) is 0. The molecule has 0 saturated heterocycles. The van der Waals surface area contributed by atoms with Gasteiger partial charge in [0.05, 0.1) is 11.5 Å². The zero-order valence-corrected chi connectivity index (χ0v) is 11.5. The first-order valence-corrected chi connectivity index (χ1v) is 6.97. The first kappa shape index (κ1) is 15.3. The number of phenolic OH excluding ortho intramolecular Hbond substituents is 1. The summed E-state index contributed by atoms with van der Waals surface area (Å²) < 4.78 is 12.8. The summed E-state index contributed by atoms with van der Waals surface area (Å²) in [4.78, 5) is 22.8. The van der Waals surface area contributed by atoms with Gasteiger partial charge in [0.15, 0.2) is 0 Å². The molecule has 0 unspecified atom stereocenters. The lowest BCUT2D eigenvalue weighted by molar-refractivity contribution is -0.143. The monoisotopic (exact) mass is 295 g/mol. The zero-order chi connectivity index (χ0) is 15.4. The Morgan fingerprint density at radius 1 is 1.24 bits per heavy atom. The summed E-state index contributed by atoms with van der Waals surface area (Å²) in [5.41, 5.74) is 0.0376. The highest BCUT2D eigenvalue weighted by Gasteiger charge is 2.26. The predicted molar refractivity (Wildman–Crippen MR) is 73.5 cm³/mol. The van der Waals surface area contributed by atoms with E-state index in [9.17, 15) is 19.1 Å². The fourth-order valence-corrected chi connectivity index (χ4v) is 2.64. The van der Waals surface area contributed by atoms with Crippen molar-refractivity contribution in [2.75, 3.05) is 6.54 Å². The largest absolute Gasteiger partial charge is 0.507 e.